The van der Waals surface area contributed by atoms with Crippen molar-refractivity contribution in [1.82, 2.24) is 15.3 Å². The lowest BCUT2D eigenvalue weighted by Gasteiger charge is -2.32. The lowest BCUT2D eigenvalue weighted by atomic mass is 9.99. The third-order valence-electron chi connectivity index (χ3n) is 4.78. The SMILES string of the molecule is Cc1nc2c(c(N3CCc4c(Cl)cccc4C3)n1)CCNCC2. The molecule has 2 aromatic rings. The number of aromatic nitrogens is 2. The predicted octanol–water partition coefficient (Wildman–Crippen LogP) is 2.69. The number of fused-ring (bicyclic) bond motifs is 2. The van der Waals surface area contributed by atoms with Crippen molar-refractivity contribution in [3.05, 3.63) is 51.4 Å². The van der Waals surface area contributed by atoms with Crippen LogP contribution in [-0.4, -0.2) is 29.6 Å². The molecule has 0 fully saturated rings. The first kappa shape index (κ1) is 14.9. The van der Waals surface area contributed by atoms with E-state index >= 15 is 0 Å². The van der Waals surface area contributed by atoms with E-state index in [1.165, 1.54) is 22.4 Å². The van der Waals surface area contributed by atoms with Gasteiger partial charge in [0.15, 0.2) is 0 Å². The molecule has 2 aliphatic rings. The molecule has 0 aliphatic carbocycles. The van der Waals surface area contributed by atoms with Gasteiger partial charge >= 0.3 is 0 Å². The molecule has 1 aromatic carbocycles. The molecule has 3 heterocycles. The molecule has 1 aromatic heterocycles. The number of nitrogens with zero attached hydrogens (tertiary/aromatic N) is 3. The quantitative estimate of drug-likeness (QED) is 0.874. The highest BCUT2D eigenvalue weighted by Crippen LogP contribution is 2.31. The first-order chi connectivity index (χ1) is 11.2. The fourth-order valence-electron chi connectivity index (χ4n) is 3.65. The summed E-state index contributed by atoms with van der Waals surface area (Å²) in [6.07, 6.45) is 2.97. The first-order valence-corrected chi connectivity index (χ1v) is 8.68. The highest BCUT2D eigenvalue weighted by molar-refractivity contribution is 6.31. The maximum atomic E-state index is 6.35. The molecule has 0 atom stereocenters. The lowest BCUT2D eigenvalue weighted by Crippen LogP contribution is -2.32. The molecule has 120 valence electrons. The van der Waals surface area contributed by atoms with Gasteiger partial charge in [0.2, 0.25) is 0 Å². The lowest BCUT2D eigenvalue weighted by molar-refractivity contribution is 0.700. The standard InChI is InChI=1S/C18H21ClN4/c1-12-21-17-6-9-20-8-5-15(17)18(22-12)23-10-7-14-13(11-23)3-2-4-16(14)19/h2-4,20H,5-11H2,1H3. The van der Waals surface area contributed by atoms with E-state index in [0.717, 1.165) is 62.1 Å². The number of rotatable bonds is 1. The highest BCUT2D eigenvalue weighted by atomic mass is 35.5. The van der Waals surface area contributed by atoms with Crippen molar-refractivity contribution in [3.8, 4) is 0 Å². The van der Waals surface area contributed by atoms with Crippen molar-refractivity contribution in [1.29, 1.82) is 0 Å². The molecular weight excluding hydrogens is 308 g/mol. The summed E-state index contributed by atoms with van der Waals surface area (Å²) in [6.45, 7) is 5.85. The first-order valence-electron chi connectivity index (χ1n) is 8.30. The molecule has 0 bridgehead atoms. The van der Waals surface area contributed by atoms with Gasteiger partial charge < -0.3 is 10.2 Å². The summed E-state index contributed by atoms with van der Waals surface area (Å²) in [5.41, 5.74) is 5.16. The van der Waals surface area contributed by atoms with Gasteiger partial charge in [0.1, 0.15) is 11.6 Å². The van der Waals surface area contributed by atoms with Gasteiger partial charge in [-0.15, -0.1) is 0 Å². The number of anilines is 1. The summed E-state index contributed by atoms with van der Waals surface area (Å²) >= 11 is 6.35. The van der Waals surface area contributed by atoms with Crippen molar-refractivity contribution in [3.63, 3.8) is 0 Å². The Kier molecular flexibility index (Phi) is 3.95. The number of halogens is 1. The molecule has 0 saturated carbocycles. The van der Waals surface area contributed by atoms with Crippen LogP contribution in [0.1, 0.15) is 28.2 Å². The summed E-state index contributed by atoms with van der Waals surface area (Å²) in [6, 6.07) is 6.21. The minimum atomic E-state index is 0.873. The summed E-state index contributed by atoms with van der Waals surface area (Å²) in [5, 5.41) is 4.36. The zero-order chi connectivity index (χ0) is 15.8. The Morgan fingerprint density at radius 3 is 2.87 bits per heavy atom. The molecule has 2 aliphatic heterocycles. The second-order valence-corrected chi connectivity index (χ2v) is 6.73. The molecule has 0 radical (unpaired) electrons. The minimum Gasteiger partial charge on any atom is -0.352 e. The highest BCUT2D eigenvalue weighted by Gasteiger charge is 2.24. The smallest absolute Gasteiger partial charge is 0.136 e. The number of benzene rings is 1. The third-order valence-corrected chi connectivity index (χ3v) is 5.14. The molecule has 1 N–H and O–H groups in total. The van der Waals surface area contributed by atoms with Crippen LogP contribution < -0.4 is 10.2 Å². The molecule has 0 amide bonds. The zero-order valence-electron chi connectivity index (χ0n) is 13.4. The molecule has 5 heteroatoms. The van der Waals surface area contributed by atoms with Crippen LogP contribution in [0.3, 0.4) is 0 Å². The van der Waals surface area contributed by atoms with Gasteiger partial charge in [-0.1, -0.05) is 23.7 Å². The van der Waals surface area contributed by atoms with Gasteiger partial charge in [-0.05, 0) is 43.5 Å². The van der Waals surface area contributed by atoms with Crippen LogP contribution in [0.2, 0.25) is 5.02 Å². The summed E-state index contributed by atoms with van der Waals surface area (Å²) in [4.78, 5) is 11.9. The topological polar surface area (TPSA) is 41.1 Å². The maximum Gasteiger partial charge on any atom is 0.136 e. The predicted molar refractivity (Wildman–Crippen MR) is 93.3 cm³/mol. The Labute approximate surface area is 141 Å². The number of nitrogens with one attached hydrogen (secondary N) is 1. The summed E-state index contributed by atoms with van der Waals surface area (Å²) < 4.78 is 0. The van der Waals surface area contributed by atoms with Crippen LogP contribution in [0.4, 0.5) is 5.82 Å². The molecular formula is C18H21ClN4. The average molecular weight is 329 g/mol. The minimum absolute atomic E-state index is 0.873. The number of hydrogen-bond donors (Lipinski definition) is 1. The van der Waals surface area contributed by atoms with E-state index in [2.05, 4.69) is 21.3 Å². The van der Waals surface area contributed by atoms with Crippen LogP contribution in [0.5, 0.6) is 0 Å². The Balaban J connectivity index is 1.73. The Hall–Kier alpha value is -1.65. The van der Waals surface area contributed by atoms with E-state index in [-0.39, 0.29) is 0 Å². The van der Waals surface area contributed by atoms with Gasteiger partial charge in [-0.2, -0.15) is 0 Å². The molecule has 0 spiro atoms. The molecule has 23 heavy (non-hydrogen) atoms. The van der Waals surface area contributed by atoms with Crippen LogP contribution in [0.15, 0.2) is 18.2 Å². The van der Waals surface area contributed by atoms with Crippen LogP contribution >= 0.6 is 11.6 Å². The molecule has 4 rings (SSSR count). The second-order valence-electron chi connectivity index (χ2n) is 6.32. The zero-order valence-corrected chi connectivity index (χ0v) is 14.2. The van der Waals surface area contributed by atoms with Crippen molar-refractivity contribution in [2.24, 2.45) is 0 Å². The van der Waals surface area contributed by atoms with E-state index in [1.807, 2.05) is 19.1 Å². The fourth-order valence-corrected chi connectivity index (χ4v) is 3.94. The van der Waals surface area contributed by atoms with Crippen molar-refractivity contribution >= 4 is 17.4 Å². The largest absolute Gasteiger partial charge is 0.352 e. The third kappa shape index (κ3) is 2.81. The van der Waals surface area contributed by atoms with Gasteiger partial charge in [0, 0.05) is 36.6 Å². The summed E-state index contributed by atoms with van der Waals surface area (Å²) in [7, 11) is 0. The molecule has 0 unspecified atom stereocenters. The average Bonchev–Trinajstić information content (AvgIpc) is 2.79. The van der Waals surface area contributed by atoms with Crippen molar-refractivity contribution in [2.45, 2.75) is 32.7 Å². The van der Waals surface area contributed by atoms with Crippen molar-refractivity contribution < 1.29 is 0 Å². The normalized spacial score (nSPS) is 17.4. The molecule has 0 saturated heterocycles. The van der Waals surface area contributed by atoms with E-state index in [1.54, 1.807) is 0 Å². The van der Waals surface area contributed by atoms with Gasteiger partial charge in [0.05, 0.1) is 5.69 Å². The van der Waals surface area contributed by atoms with E-state index in [9.17, 15) is 0 Å². The van der Waals surface area contributed by atoms with Gasteiger partial charge in [0.25, 0.3) is 0 Å². The maximum absolute atomic E-state index is 6.35. The van der Waals surface area contributed by atoms with Crippen LogP contribution in [0.25, 0.3) is 0 Å². The Bertz CT molecular complexity index is 744. The fraction of sp³-hybridized carbons (Fsp3) is 0.444. The van der Waals surface area contributed by atoms with E-state index in [4.69, 9.17) is 16.6 Å². The Morgan fingerprint density at radius 1 is 1.09 bits per heavy atom. The Morgan fingerprint density at radius 2 is 1.96 bits per heavy atom. The van der Waals surface area contributed by atoms with Crippen molar-refractivity contribution in [2.75, 3.05) is 24.5 Å². The van der Waals surface area contributed by atoms with E-state index < -0.39 is 0 Å². The van der Waals surface area contributed by atoms with Gasteiger partial charge in [-0.25, -0.2) is 9.97 Å². The summed E-state index contributed by atoms with van der Waals surface area (Å²) in [5.74, 6) is 2.00. The molecule has 4 nitrogen and oxygen atoms in total. The second kappa shape index (κ2) is 6.10. The van der Waals surface area contributed by atoms with E-state index in [0.29, 0.717) is 0 Å². The van der Waals surface area contributed by atoms with Crippen LogP contribution in [-0.2, 0) is 25.8 Å². The number of hydrogen-bond acceptors (Lipinski definition) is 4. The van der Waals surface area contributed by atoms with Gasteiger partial charge in [-0.3, -0.25) is 0 Å². The monoisotopic (exact) mass is 328 g/mol. The van der Waals surface area contributed by atoms with Crippen LogP contribution in [0, 0.1) is 6.92 Å². The number of aryl methyl sites for hydroxylation is 1.